The SMILES string of the molecule is CCC(CCC1(C)c2[nH]c3ccccc3c2CCN1C(=O)c1cc(F)c(F)c(C)c1F)(Cc1ccccc1)N(C)C. The Morgan fingerprint density at radius 2 is 1.73 bits per heavy atom. The summed E-state index contributed by atoms with van der Waals surface area (Å²) in [5.74, 6) is -4.14. The maximum Gasteiger partial charge on any atom is 0.257 e. The first-order valence-electron chi connectivity index (χ1n) is 14.3. The van der Waals surface area contributed by atoms with E-state index >= 15 is 4.39 Å². The van der Waals surface area contributed by atoms with E-state index in [1.165, 1.54) is 5.56 Å². The highest BCUT2D eigenvalue weighted by Gasteiger charge is 2.46. The van der Waals surface area contributed by atoms with Crippen molar-refractivity contribution in [3.63, 3.8) is 0 Å². The molecular formula is C34H38F3N3O. The van der Waals surface area contributed by atoms with E-state index in [0.717, 1.165) is 48.3 Å². The molecule has 0 spiro atoms. The van der Waals surface area contributed by atoms with Crippen LogP contribution >= 0.6 is 0 Å². The van der Waals surface area contributed by atoms with Gasteiger partial charge in [-0.25, -0.2) is 13.2 Å². The van der Waals surface area contributed by atoms with Gasteiger partial charge < -0.3 is 14.8 Å². The van der Waals surface area contributed by atoms with E-state index in [9.17, 15) is 13.6 Å². The Kier molecular flexibility index (Phi) is 7.77. The molecule has 2 unspecified atom stereocenters. The van der Waals surface area contributed by atoms with E-state index in [0.29, 0.717) is 25.5 Å². The summed E-state index contributed by atoms with van der Waals surface area (Å²) in [7, 11) is 4.18. The molecule has 216 valence electrons. The number of likely N-dealkylation sites (N-methyl/N-ethyl adjacent to an activating group) is 1. The van der Waals surface area contributed by atoms with E-state index in [1.54, 1.807) is 4.90 Å². The normalized spacial score (nSPS) is 18.5. The molecule has 1 amide bonds. The number of hydrogen-bond donors (Lipinski definition) is 1. The molecule has 4 aromatic rings. The summed E-state index contributed by atoms with van der Waals surface area (Å²) in [6.07, 6.45) is 3.62. The Bertz CT molecular complexity index is 1580. The molecule has 0 fully saturated rings. The van der Waals surface area contributed by atoms with Gasteiger partial charge in [-0.15, -0.1) is 0 Å². The molecule has 3 aromatic carbocycles. The van der Waals surface area contributed by atoms with Crippen molar-refractivity contribution < 1.29 is 18.0 Å². The predicted molar refractivity (Wildman–Crippen MR) is 158 cm³/mol. The lowest BCUT2D eigenvalue weighted by atomic mass is 9.75. The molecule has 0 radical (unpaired) electrons. The predicted octanol–water partition coefficient (Wildman–Crippen LogP) is 7.54. The van der Waals surface area contributed by atoms with Gasteiger partial charge in [-0.05, 0) is 83.3 Å². The minimum Gasteiger partial charge on any atom is -0.356 e. The summed E-state index contributed by atoms with van der Waals surface area (Å²) in [5.41, 5.74) is 2.30. The fourth-order valence-corrected chi connectivity index (χ4v) is 6.68. The zero-order chi connectivity index (χ0) is 29.5. The number of para-hydroxylation sites is 1. The third-order valence-electron chi connectivity index (χ3n) is 9.44. The average molecular weight is 562 g/mol. The van der Waals surface area contributed by atoms with E-state index in [-0.39, 0.29) is 5.54 Å². The zero-order valence-electron chi connectivity index (χ0n) is 24.5. The van der Waals surface area contributed by atoms with Gasteiger partial charge in [-0.2, -0.15) is 0 Å². The number of carbonyl (C=O) groups is 1. The number of amides is 1. The van der Waals surface area contributed by atoms with Crippen LogP contribution in [0.5, 0.6) is 0 Å². The van der Waals surface area contributed by atoms with Crippen LogP contribution in [0.1, 0.15) is 65.9 Å². The van der Waals surface area contributed by atoms with Gasteiger partial charge in [0.2, 0.25) is 0 Å². The Labute approximate surface area is 240 Å². The van der Waals surface area contributed by atoms with Gasteiger partial charge in [0.05, 0.1) is 11.1 Å². The van der Waals surface area contributed by atoms with E-state index in [4.69, 9.17) is 0 Å². The van der Waals surface area contributed by atoms with Gasteiger partial charge >= 0.3 is 0 Å². The zero-order valence-corrected chi connectivity index (χ0v) is 24.5. The van der Waals surface area contributed by atoms with Crippen molar-refractivity contribution in [3.8, 4) is 0 Å². The van der Waals surface area contributed by atoms with Crippen LogP contribution in [0.3, 0.4) is 0 Å². The van der Waals surface area contributed by atoms with Crippen LogP contribution in [-0.4, -0.2) is 46.9 Å². The number of H-pyrrole nitrogens is 1. The molecule has 1 N–H and O–H groups in total. The molecule has 1 aliphatic rings. The van der Waals surface area contributed by atoms with E-state index in [2.05, 4.69) is 49.1 Å². The van der Waals surface area contributed by atoms with Crippen molar-refractivity contribution in [2.45, 2.75) is 64.0 Å². The van der Waals surface area contributed by atoms with Gasteiger partial charge in [0.1, 0.15) is 5.82 Å². The molecule has 0 saturated carbocycles. The number of aromatic amines is 1. The fraction of sp³-hybridized carbons (Fsp3) is 0.382. The fourth-order valence-electron chi connectivity index (χ4n) is 6.68. The molecule has 1 aliphatic heterocycles. The molecule has 1 aromatic heterocycles. The third kappa shape index (κ3) is 4.94. The Morgan fingerprint density at radius 3 is 2.41 bits per heavy atom. The van der Waals surface area contributed by atoms with Crippen molar-refractivity contribution in [1.29, 1.82) is 0 Å². The first-order valence-corrected chi connectivity index (χ1v) is 14.3. The molecule has 2 heterocycles. The number of benzene rings is 3. The maximum absolute atomic E-state index is 15.3. The smallest absolute Gasteiger partial charge is 0.257 e. The molecule has 5 rings (SSSR count). The quantitative estimate of drug-likeness (QED) is 0.226. The highest BCUT2D eigenvalue weighted by molar-refractivity contribution is 5.96. The van der Waals surface area contributed by atoms with Crippen molar-refractivity contribution in [3.05, 3.63) is 106 Å². The Hall–Kier alpha value is -3.58. The number of halogens is 3. The summed E-state index contributed by atoms with van der Waals surface area (Å²) in [4.78, 5) is 21.6. The lowest BCUT2D eigenvalue weighted by Crippen LogP contribution is -2.54. The molecule has 4 nitrogen and oxygen atoms in total. The summed E-state index contributed by atoms with van der Waals surface area (Å²) >= 11 is 0. The van der Waals surface area contributed by atoms with Crippen LogP contribution in [0.25, 0.3) is 10.9 Å². The third-order valence-corrected chi connectivity index (χ3v) is 9.44. The van der Waals surface area contributed by atoms with Crippen LogP contribution in [-0.2, 0) is 18.4 Å². The molecule has 2 atom stereocenters. The topological polar surface area (TPSA) is 39.3 Å². The average Bonchev–Trinajstić information content (AvgIpc) is 3.36. The Balaban J connectivity index is 1.60. The van der Waals surface area contributed by atoms with Crippen molar-refractivity contribution >= 4 is 16.8 Å². The number of fused-ring (bicyclic) bond motifs is 3. The largest absolute Gasteiger partial charge is 0.356 e. The van der Waals surface area contributed by atoms with Gasteiger partial charge in [0, 0.05) is 34.2 Å². The van der Waals surface area contributed by atoms with Crippen molar-refractivity contribution in [1.82, 2.24) is 14.8 Å². The van der Waals surface area contributed by atoms with Crippen LogP contribution in [0.15, 0.2) is 60.7 Å². The first kappa shape index (κ1) is 28.9. The first-order chi connectivity index (χ1) is 19.5. The maximum atomic E-state index is 15.3. The second kappa shape index (κ2) is 11.0. The molecule has 0 aliphatic carbocycles. The second-order valence-corrected chi connectivity index (χ2v) is 11.8. The number of rotatable bonds is 8. The highest BCUT2D eigenvalue weighted by Crippen LogP contribution is 2.45. The number of carbonyl (C=O) groups excluding carboxylic acids is 1. The van der Waals surface area contributed by atoms with Gasteiger partial charge in [-0.1, -0.05) is 55.5 Å². The summed E-state index contributed by atoms with van der Waals surface area (Å²) < 4.78 is 43.9. The lowest BCUT2D eigenvalue weighted by Gasteiger charge is -2.48. The molecule has 7 heteroatoms. The molecule has 0 bridgehead atoms. The standard InChI is InChI=1S/C34H38F3N3O/c1-6-34(39(4)5,21-23-12-8-7-9-13-23)18-17-33(3)31-25(24-14-10-11-15-28(24)38-31)16-19-40(33)32(41)26-20-27(35)30(37)22(2)29(26)36/h7-15,20,38H,6,16-19,21H2,1-5H3. The number of aromatic nitrogens is 1. The molecular weight excluding hydrogens is 523 g/mol. The highest BCUT2D eigenvalue weighted by atomic mass is 19.2. The second-order valence-electron chi connectivity index (χ2n) is 11.8. The summed E-state index contributed by atoms with van der Waals surface area (Å²) in [5, 5.41) is 1.11. The monoisotopic (exact) mass is 561 g/mol. The summed E-state index contributed by atoms with van der Waals surface area (Å²) in [6.45, 7) is 5.69. The van der Waals surface area contributed by atoms with Gasteiger partial charge in [-0.3, -0.25) is 4.79 Å². The number of nitrogens with one attached hydrogen (secondary N) is 1. The Morgan fingerprint density at radius 1 is 1.05 bits per heavy atom. The molecule has 0 saturated heterocycles. The molecule has 41 heavy (non-hydrogen) atoms. The van der Waals surface area contributed by atoms with Gasteiger partial charge in [0.25, 0.3) is 5.91 Å². The summed E-state index contributed by atoms with van der Waals surface area (Å²) in [6, 6.07) is 19.1. The van der Waals surface area contributed by atoms with Crippen LogP contribution in [0.2, 0.25) is 0 Å². The van der Waals surface area contributed by atoms with Crippen LogP contribution < -0.4 is 0 Å². The van der Waals surface area contributed by atoms with Crippen LogP contribution in [0, 0.1) is 24.4 Å². The van der Waals surface area contributed by atoms with E-state index < -0.39 is 40.0 Å². The number of hydrogen-bond acceptors (Lipinski definition) is 2. The van der Waals surface area contributed by atoms with E-state index in [1.807, 2.05) is 43.3 Å². The minimum absolute atomic E-state index is 0.202. The number of nitrogens with zero attached hydrogens (tertiary/aromatic N) is 2. The lowest BCUT2D eigenvalue weighted by molar-refractivity contribution is 0.0325. The van der Waals surface area contributed by atoms with Crippen LogP contribution in [0.4, 0.5) is 13.2 Å². The minimum atomic E-state index is -1.27. The van der Waals surface area contributed by atoms with Crippen molar-refractivity contribution in [2.24, 2.45) is 0 Å². The van der Waals surface area contributed by atoms with Gasteiger partial charge in [0.15, 0.2) is 11.6 Å². The van der Waals surface area contributed by atoms with Crippen molar-refractivity contribution in [2.75, 3.05) is 20.6 Å².